The number of carbonyl (C=O) groups is 3. The van der Waals surface area contributed by atoms with Gasteiger partial charge in [-0.05, 0) is 32.1 Å². The van der Waals surface area contributed by atoms with E-state index in [-0.39, 0.29) is 36.8 Å². The fraction of sp³-hybridized carbons (Fsp3) is 0.471. The number of carbonyl (C=O) groups excluding carboxylic acids is 3. The van der Waals surface area contributed by atoms with Crippen molar-refractivity contribution in [2.24, 2.45) is 0 Å². The Morgan fingerprint density at radius 3 is 2.67 bits per heavy atom. The van der Waals surface area contributed by atoms with Gasteiger partial charge in [-0.25, -0.2) is 0 Å². The number of nitrogens with zero attached hydrogens (tertiary/aromatic N) is 1. The maximum absolute atomic E-state index is 12.0. The van der Waals surface area contributed by atoms with Gasteiger partial charge in [0.25, 0.3) is 0 Å². The van der Waals surface area contributed by atoms with Crippen molar-refractivity contribution in [2.45, 2.75) is 32.7 Å². The number of likely N-dealkylation sites (N-methyl/N-ethyl adjacent to an activating group) is 1. The van der Waals surface area contributed by atoms with Crippen LogP contribution < -0.4 is 5.32 Å². The minimum Gasteiger partial charge on any atom is -0.469 e. The van der Waals surface area contributed by atoms with Crippen LogP contribution >= 0.6 is 0 Å². The quantitative estimate of drug-likeness (QED) is 0.572. The zero-order valence-electron chi connectivity index (χ0n) is 14.5. The number of furan rings is 1. The summed E-state index contributed by atoms with van der Waals surface area (Å²) in [7, 11) is 2.89. The zero-order chi connectivity index (χ0) is 18.1. The van der Waals surface area contributed by atoms with Gasteiger partial charge in [0.2, 0.25) is 11.8 Å². The second kappa shape index (κ2) is 9.54. The number of aryl methyl sites for hydroxylation is 1. The summed E-state index contributed by atoms with van der Waals surface area (Å²) in [5, 5.41) is 2.72. The molecule has 24 heavy (non-hydrogen) atoms. The predicted molar refractivity (Wildman–Crippen MR) is 89.0 cm³/mol. The standard InChI is InChI=1S/C17H24N2O5/c1-12(2)18-15(20)11-19(3)16(21)9-7-13-5-6-14(24-13)8-10-17(22)23-4/h5-7,9,12H,8,10-11H2,1-4H3,(H,18,20)/b9-7+. The molecule has 0 spiro atoms. The summed E-state index contributed by atoms with van der Waals surface area (Å²) >= 11 is 0. The summed E-state index contributed by atoms with van der Waals surface area (Å²) in [5.74, 6) is 0.319. The van der Waals surface area contributed by atoms with Gasteiger partial charge < -0.3 is 19.4 Å². The van der Waals surface area contributed by atoms with E-state index in [0.717, 1.165) is 0 Å². The second-order valence-electron chi connectivity index (χ2n) is 5.63. The van der Waals surface area contributed by atoms with Gasteiger partial charge in [-0.1, -0.05) is 0 Å². The number of amides is 2. The van der Waals surface area contributed by atoms with Crippen LogP contribution in [0, 0.1) is 0 Å². The number of methoxy groups -OCH3 is 1. The first-order valence-electron chi connectivity index (χ1n) is 7.70. The van der Waals surface area contributed by atoms with E-state index in [2.05, 4.69) is 10.1 Å². The lowest BCUT2D eigenvalue weighted by Gasteiger charge is -2.16. The number of nitrogens with one attached hydrogen (secondary N) is 1. The van der Waals surface area contributed by atoms with E-state index >= 15 is 0 Å². The summed E-state index contributed by atoms with van der Waals surface area (Å²) in [5.41, 5.74) is 0. The molecule has 0 fully saturated rings. The fourth-order valence-electron chi connectivity index (χ4n) is 1.89. The van der Waals surface area contributed by atoms with Gasteiger partial charge in [-0.2, -0.15) is 0 Å². The summed E-state index contributed by atoms with van der Waals surface area (Å²) in [6.45, 7) is 3.70. The molecular weight excluding hydrogens is 312 g/mol. The highest BCUT2D eigenvalue weighted by atomic mass is 16.5. The molecule has 0 aliphatic carbocycles. The van der Waals surface area contributed by atoms with Crippen molar-refractivity contribution in [1.82, 2.24) is 10.2 Å². The number of ether oxygens (including phenoxy) is 1. The molecule has 132 valence electrons. The zero-order valence-corrected chi connectivity index (χ0v) is 14.5. The molecule has 0 atom stereocenters. The Hall–Kier alpha value is -2.57. The fourth-order valence-corrected chi connectivity index (χ4v) is 1.89. The Kier molecular flexibility index (Phi) is 7.74. The van der Waals surface area contributed by atoms with Crippen LogP contribution in [-0.2, 0) is 25.5 Å². The van der Waals surface area contributed by atoms with Crippen LogP contribution in [0.1, 0.15) is 31.8 Å². The Bertz CT molecular complexity index is 604. The average Bonchev–Trinajstić information content (AvgIpc) is 2.97. The van der Waals surface area contributed by atoms with Crippen molar-refractivity contribution >= 4 is 23.9 Å². The van der Waals surface area contributed by atoms with Gasteiger partial charge in [0.15, 0.2) is 0 Å². The summed E-state index contributed by atoms with van der Waals surface area (Å²) in [4.78, 5) is 36.0. The highest BCUT2D eigenvalue weighted by Gasteiger charge is 2.11. The molecule has 1 rings (SSSR count). The molecule has 0 aliphatic heterocycles. The lowest BCUT2D eigenvalue weighted by molar-refractivity contribution is -0.140. The first kappa shape index (κ1) is 19.5. The third kappa shape index (κ3) is 7.13. The van der Waals surface area contributed by atoms with E-state index < -0.39 is 0 Å². The third-order valence-electron chi connectivity index (χ3n) is 3.08. The van der Waals surface area contributed by atoms with Gasteiger partial charge in [0, 0.05) is 25.6 Å². The normalized spacial score (nSPS) is 10.9. The van der Waals surface area contributed by atoms with E-state index in [1.165, 1.54) is 24.2 Å². The molecule has 1 N–H and O–H groups in total. The van der Waals surface area contributed by atoms with Gasteiger partial charge in [-0.3, -0.25) is 14.4 Å². The molecule has 7 nitrogen and oxygen atoms in total. The molecule has 1 aromatic heterocycles. The number of rotatable bonds is 8. The molecule has 0 radical (unpaired) electrons. The van der Waals surface area contributed by atoms with Crippen molar-refractivity contribution in [1.29, 1.82) is 0 Å². The average molecular weight is 336 g/mol. The smallest absolute Gasteiger partial charge is 0.305 e. The SMILES string of the molecule is COC(=O)CCc1ccc(/C=C/C(=O)N(C)CC(=O)NC(C)C)o1. The molecule has 0 saturated carbocycles. The topological polar surface area (TPSA) is 88.9 Å². The maximum Gasteiger partial charge on any atom is 0.305 e. The van der Waals surface area contributed by atoms with Crippen molar-refractivity contribution in [2.75, 3.05) is 20.7 Å². The molecule has 0 aliphatic rings. The molecule has 1 heterocycles. The van der Waals surface area contributed by atoms with E-state index in [0.29, 0.717) is 17.9 Å². The molecule has 0 bridgehead atoms. The predicted octanol–water partition coefficient (Wildman–Crippen LogP) is 1.38. The minimum atomic E-state index is -0.306. The lowest BCUT2D eigenvalue weighted by atomic mass is 10.2. The molecule has 0 saturated heterocycles. The summed E-state index contributed by atoms with van der Waals surface area (Å²) in [6, 6.07) is 3.48. The van der Waals surface area contributed by atoms with Crippen molar-refractivity contribution in [3.8, 4) is 0 Å². The van der Waals surface area contributed by atoms with Gasteiger partial charge in [0.1, 0.15) is 11.5 Å². The highest BCUT2D eigenvalue weighted by Crippen LogP contribution is 2.12. The van der Waals surface area contributed by atoms with Gasteiger partial charge in [0.05, 0.1) is 20.1 Å². The van der Waals surface area contributed by atoms with Crippen LogP contribution in [0.2, 0.25) is 0 Å². The summed E-state index contributed by atoms with van der Waals surface area (Å²) in [6.07, 6.45) is 3.54. The van der Waals surface area contributed by atoms with Crippen LogP contribution in [0.5, 0.6) is 0 Å². The van der Waals surface area contributed by atoms with Crippen LogP contribution in [-0.4, -0.2) is 49.4 Å². The Balaban J connectivity index is 2.50. The van der Waals surface area contributed by atoms with Crippen LogP contribution in [0.3, 0.4) is 0 Å². The first-order valence-corrected chi connectivity index (χ1v) is 7.70. The lowest BCUT2D eigenvalue weighted by Crippen LogP contribution is -2.40. The number of hydrogen-bond acceptors (Lipinski definition) is 5. The second-order valence-corrected chi connectivity index (χ2v) is 5.63. The molecule has 0 aromatic carbocycles. The Labute approximate surface area is 141 Å². The molecule has 7 heteroatoms. The minimum absolute atomic E-state index is 0.0100. The van der Waals surface area contributed by atoms with Gasteiger partial charge >= 0.3 is 5.97 Å². The molecule has 2 amide bonds. The van der Waals surface area contributed by atoms with Crippen molar-refractivity contribution in [3.63, 3.8) is 0 Å². The number of hydrogen-bond donors (Lipinski definition) is 1. The van der Waals surface area contributed by atoms with Crippen molar-refractivity contribution < 1.29 is 23.5 Å². The third-order valence-corrected chi connectivity index (χ3v) is 3.08. The van der Waals surface area contributed by atoms with E-state index in [4.69, 9.17) is 4.42 Å². The first-order chi connectivity index (χ1) is 11.3. The van der Waals surface area contributed by atoms with E-state index in [1.807, 2.05) is 13.8 Å². The highest BCUT2D eigenvalue weighted by molar-refractivity contribution is 5.93. The van der Waals surface area contributed by atoms with E-state index in [1.54, 1.807) is 19.2 Å². The largest absolute Gasteiger partial charge is 0.469 e. The molecule has 1 aromatic rings. The van der Waals surface area contributed by atoms with Crippen LogP contribution in [0.4, 0.5) is 0 Å². The van der Waals surface area contributed by atoms with Gasteiger partial charge in [-0.15, -0.1) is 0 Å². The molecular formula is C17H24N2O5. The Morgan fingerprint density at radius 1 is 1.33 bits per heavy atom. The number of esters is 1. The monoisotopic (exact) mass is 336 g/mol. The van der Waals surface area contributed by atoms with Crippen LogP contribution in [0.15, 0.2) is 22.6 Å². The molecule has 0 unspecified atom stereocenters. The maximum atomic E-state index is 12.0. The van der Waals surface area contributed by atoms with Crippen LogP contribution in [0.25, 0.3) is 6.08 Å². The Morgan fingerprint density at radius 2 is 2.04 bits per heavy atom. The summed E-state index contributed by atoms with van der Waals surface area (Å²) < 4.78 is 10.1. The van der Waals surface area contributed by atoms with E-state index in [9.17, 15) is 14.4 Å². The van der Waals surface area contributed by atoms with Crippen molar-refractivity contribution in [3.05, 3.63) is 29.7 Å².